The highest BCUT2D eigenvalue weighted by Gasteiger charge is 2.21. The molecule has 45 heavy (non-hydrogen) atoms. The first kappa shape index (κ1) is 31.0. The van der Waals surface area contributed by atoms with Crippen molar-refractivity contribution in [3.8, 4) is 0 Å². The Bertz CT molecular complexity index is 2050. The number of rotatable bonds is 6. The van der Waals surface area contributed by atoms with Crippen molar-refractivity contribution < 1.29 is 37.0 Å². The quantitative estimate of drug-likeness (QED) is 0.0476. The van der Waals surface area contributed by atoms with Crippen LogP contribution in [0, 0.1) is 30.3 Å². The van der Waals surface area contributed by atoms with Crippen molar-refractivity contribution in [2.45, 2.75) is 0 Å². The normalized spacial score (nSPS) is 11.2. The molecule has 0 saturated carbocycles. The Morgan fingerprint density at radius 2 is 1.00 bits per heavy atom. The van der Waals surface area contributed by atoms with E-state index in [2.05, 4.69) is 30.6 Å². The fourth-order valence-corrected chi connectivity index (χ4v) is 6.21. The molecule has 3 aromatic heterocycles. The van der Waals surface area contributed by atoms with Gasteiger partial charge in [-0.25, -0.2) is 25.6 Å². The van der Waals surface area contributed by atoms with E-state index < -0.39 is 22.0 Å². The fraction of sp³-hybridized carbons (Fsp3) is 0. The van der Waals surface area contributed by atoms with Crippen molar-refractivity contribution in [1.29, 1.82) is 0 Å². The lowest BCUT2D eigenvalue weighted by molar-refractivity contribution is -0.384. The first-order valence-electron chi connectivity index (χ1n) is 11.9. The van der Waals surface area contributed by atoms with E-state index in [-0.39, 0.29) is 23.0 Å². The number of nitro groups is 3. The van der Waals surface area contributed by atoms with E-state index in [0.717, 1.165) is 0 Å². The van der Waals surface area contributed by atoms with E-state index in [1.807, 2.05) is 0 Å². The van der Waals surface area contributed by atoms with Gasteiger partial charge in [0.25, 0.3) is 22.2 Å². The van der Waals surface area contributed by atoms with Crippen molar-refractivity contribution in [3.63, 3.8) is 0 Å². The Balaban J connectivity index is 0.000000743. The van der Waals surface area contributed by atoms with Gasteiger partial charge in [0.05, 0.1) is 46.0 Å². The summed E-state index contributed by atoms with van der Waals surface area (Å²) in [5.41, 5.74) is 1.03. The number of benzene rings is 3. The summed E-state index contributed by atoms with van der Waals surface area (Å²) in [6, 6.07) is 13.1. The molecule has 3 aromatic carbocycles. The van der Waals surface area contributed by atoms with Gasteiger partial charge in [0.1, 0.15) is 5.52 Å². The largest absolute Gasteiger partial charge is 0.673 e. The van der Waals surface area contributed by atoms with E-state index >= 15 is 0 Å². The molecule has 3 heterocycles. The van der Waals surface area contributed by atoms with E-state index in [9.17, 15) is 47.6 Å². The number of non-ortho nitro benzene ring substituents is 3. The summed E-state index contributed by atoms with van der Waals surface area (Å²) >= 11 is 3.77. The Kier molecular flexibility index (Phi) is 8.48. The molecule has 0 spiro atoms. The SMILES string of the molecule is F[B-](F)(F)F.O=[N+]([O-])c1ccc2sc(NC(Nc3nc4cc([N+](=O)[O-])ccc4s3)=[NH+]c3nc4cc([N+](=O)[O-])ccc4s3)nc2c1. The number of guanidine groups is 1. The van der Waals surface area contributed by atoms with Crippen LogP contribution in [0.2, 0.25) is 0 Å². The molecular formula is C22H12BF4N9O6S3. The molecule has 6 aromatic rings. The van der Waals surface area contributed by atoms with Crippen LogP contribution in [0.5, 0.6) is 0 Å². The number of aromatic nitrogens is 3. The van der Waals surface area contributed by atoms with Crippen LogP contribution in [0.3, 0.4) is 0 Å². The third-order valence-corrected chi connectivity index (χ3v) is 8.30. The van der Waals surface area contributed by atoms with E-state index in [4.69, 9.17) is 0 Å². The van der Waals surface area contributed by atoms with Gasteiger partial charge < -0.3 is 17.3 Å². The van der Waals surface area contributed by atoms with Gasteiger partial charge in [-0.3, -0.25) is 30.3 Å². The lowest BCUT2D eigenvalue weighted by atomic mass is 10.3. The standard InChI is InChI=1S/C22H11N9O6S3.BF4/c32-29(33)10-1-4-16-13(7-10)23-20(38-16)26-19(27-21-24-14-8-11(30(34)35)2-5-17(14)39-21)28-22-25-15-9-12(31(36)37)3-6-18(15)40-22;2-1(3,4)5/h1-9H,(H2,23,24,25,26,27,28);/q;-1/p+1. The van der Waals surface area contributed by atoms with Crippen LogP contribution >= 0.6 is 34.0 Å². The molecule has 0 radical (unpaired) electrons. The summed E-state index contributed by atoms with van der Waals surface area (Å²) in [5.74, 6) is 0.274. The summed E-state index contributed by atoms with van der Waals surface area (Å²) in [5, 5.41) is 40.9. The first-order valence-corrected chi connectivity index (χ1v) is 14.4. The average molecular weight is 681 g/mol. The van der Waals surface area contributed by atoms with Crippen LogP contribution in [0.4, 0.5) is 49.7 Å². The van der Waals surface area contributed by atoms with Crippen LogP contribution in [-0.2, 0) is 0 Å². The van der Waals surface area contributed by atoms with E-state index in [0.29, 0.717) is 46.0 Å². The minimum Gasteiger partial charge on any atom is -0.418 e. The van der Waals surface area contributed by atoms with E-state index in [1.165, 1.54) is 70.4 Å². The number of nitro benzene ring substituents is 3. The number of halogens is 4. The maximum absolute atomic E-state index is 11.2. The maximum Gasteiger partial charge on any atom is 0.673 e. The van der Waals surface area contributed by atoms with Gasteiger partial charge in [-0.15, -0.1) is 4.98 Å². The minimum atomic E-state index is -6.00. The van der Waals surface area contributed by atoms with Gasteiger partial charge in [-0.1, -0.05) is 34.0 Å². The number of anilines is 2. The van der Waals surface area contributed by atoms with E-state index in [1.54, 1.807) is 18.2 Å². The van der Waals surface area contributed by atoms with Gasteiger partial charge in [0.15, 0.2) is 0 Å². The van der Waals surface area contributed by atoms with Crippen LogP contribution < -0.4 is 15.6 Å². The molecule has 6 rings (SSSR count). The molecule has 0 aliphatic rings. The topological polar surface area (TPSA) is 206 Å². The molecule has 3 N–H and O–H groups in total. The zero-order valence-electron chi connectivity index (χ0n) is 21.6. The number of fused-ring (bicyclic) bond motifs is 3. The maximum atomic E-state index is 11.2. The highest BCUT2D eigenvalue weighted by atomic mass is 32.1. The van der Waals surface area contributed by atoms with Crippen LogP contribution in [0.15, 0.2) is 54.6 Å². The first-order chi connectivity index (χ1) is 21.2. The van der Waals surface area contributed by atoms with Gasteiger partial charge in [0, 0.05) is 30.3 Å². The summed E-state index contributed by atoms with van der Waals surface area (Å²) in [6.45, 7) is 0. The lowest BCUT2D eigenvalue weighted by Gasteiger charge is -2.01. The third-order valence-electron chi connectivity index (χ3n) is 5.44. The molecule has 0 amide bonds. The van der Waals surface area contributed by atoms with Gasteiger partial charge in [-0.05, 0) is 18.2 Å². The van der Waals surface area contributed by atoms with Crippen molar-refractivity contribution in [3.05, 3.63) is 84.9 Å². The molecule has 0 aliphatic carbocycles. The predicted octanol–water partition coefficient (Wildman–Crippen LogP) is 5.83. The number of thiazole rings is 3. The van der Waals surface area contributed by atoms with Gasteiger partial charge >= 0.3 is 13.2 Å². The number of hydrogen-bond donors (Lipinski definition) is 3. The second kappa shape index (κ2) is 12.3. The fourth-order valence-electron chi connectivity index (χ4n) is 3.66. The van der Waals surface area contributed by atoms with Gasteiger partial charge in [0.2, 0.25) is 10.3 Å². The lowest BCUT2D eigenvalue weighted by Crippen LogP contribution is -2.70. The van der Waals surface area contributed by atoms with Crippen LogP contribution in [0.1, 0.15) is 0 Å². The molecule has 0 fully saturated rings. The van der Waals surface area contributed by atoms with Crippen LogP contribution in [0.25, 0.3) is 30.6 Å². The molecule has 23 heteroatoms. The molecule has 230 valence electrons. The monoisotopic (exact) mass is 681 g/mol. The summed E-state index contributed by atoms with van der Waals surface area (Å²) < 4.78 is 41.1. The molecule has 0 saturated heterocycles. The van der Waals surface area contributed by atoms with Crippen molar-refractivity contribution in [1.82, 2.24) is 15.0 Å². The molecule has 0 bridgehead atoms. The summed E-state index contributed by atoms with van der Waals surface area (Å²) in [4.78, 5) is 48.4. The minimum absolute atomic E-state index is 0.0862. The Hall–Kier alpha value is -5.42. The zero-order chi connectivity index (χ0) is 32.5. The van der Waals surface area contributed by atoms with Gasteiger partial charge in [-0.2, -0.15) is 0 Å². The molecule has 0 atom stereocenters. The predicted molar refractivity (Wildman–Crippen MR) is 162 cm³/mol. The molecule has 0 unspecified atom stereocenters. The second-order valence-electron chi connectivity index (χ2n) is 8.53. The Morgan fingerprint density at radius 3 is 1.38 bits per heavy atom. The van der Waals surface area contributed by atoms with Crippen molar-refractivity contribution >= 4 is 110 Å². The van der Waals surface area contributed by atoms with Crippen molar-refractivity contribution in [2.75, 3.05) is 10.6 Å². The number of hydrogen-bond acceptors (Lipinski definition) is 12. The number of nitrogens with zero attached hydrogens (tertiary/aromatic N) is 6. The van der Waals surface area contributed by atoms with Crippen LogP contribution in [-0.4, -0.2) is 42.9 Å². The smallest absolute Gasteiger partial charge is 0.418 e. The third kappa shape index (κ3) is 7.76. The Labute approximate surface area is 257 Å². The summed E-state index contributed by atoms with van der Waals surface area (Å²) in [7, 11) is -6.00. The summed E-state index contributed by atoms with van der Waals surface area (Å²) in [6.07, 6.45) is 0. The molecule has 0 aliphatic heterocycles. The number of nitrogens with one attached hydrogen (secondary N) is 3. The molecular weight excluding hydrogens is 669 g/mol. The highest BCUT2D eigenvalue weighted by Crippen LogP contribution is 2.31. The average Bonchev–Trinajstić information content (AvgIpc) is 3.65. The van der Waals surface area contributed by atoms with Crippen molar-refractivity contribution in [2.24, 2.45) is 0 Å². The Morgan fingerprint density at radius 1 is 0.644 bits per heavy atom. The molecule has 15 nitrogen and oxygen atoms in total. The zero-order valence-corrected chi connectivity index (χ0v) is 24.1. The second-order valence-corrected chi connectivity index (χ2v) is 11.6. The highest BCUT2D eigenvalue weighted by molar-refractivity contribution is 7.23.